The largest absolute Gasteiger partial charge is 0.370 e. The molecule has 0 aliphatic carbocycles. The highest BCUT2D eigenvalue weighted by molar-refractivity contribution is 7.13. The van der Waals surface area contributed by atoms with E-state index in [-0.39, 0.29) is 24.3 Å². The SMILES string of the molecule is CC(=O)NCCc1cccc(-c2csc(N=C(N)N)n2)n1.Cl. The lowest BCUT2D eigenvalue weighted by Crippen LogP contribution is -2.22. The molecular formula is C13H17ClN6OS. The lowest BCUT2D eigenvalue weighted by molar-refractivity contribution is -0.118. The molecule has 7 nitrogen and oxygen atoms in total. The van der Waals surface area contributed by atoms with Gasteiger partial charge in [0.15, 0.2) is 5.96 Å². The van der Waals surface area contributed by atoms with Gasteiger partial charge in [0.2, 0.25) is 11.0 Å². The second-order valence-electron chi connectivity index (χ2n) is 4.30. The molecule has 1 amide bonds. The van der Waals surface area contributed by atoms with E-state index in [9.17, 15) is 4.79 Å². The molecule has 0 aromatic carbocycles. The van der Waals surface area contributed by atoms with E-state index in [0.717, 1.165) is 17.1 Å². The summed E-state index contributed by atoms with van der Waals surface area (Å²) in [5.41, 5.74) is 13.0. The van der Waals surface area contributed by atoms with Crippen molar-refractivity contribution in [1.82, 2.24) is 15.3 Å². The summed E-state index contributed by atoms with van der Waals surface area (Å²) in [7, 11) is 0. The normalized spacial score (nSPS) is 9.68. The molecule has 9 heteroatoms. The summed E-state index contributed by atoms with van der Waals surface area (Å²) in [4.78, 5) is 23.6. The maximum Gasteiger partial charge on any atom is 0.216 e. The monoisotopic (exact) mass is 340 g/mol. The number of nitrogens with one attached hydrogen (secondary N) is 1. The van der Waals surface area contributed by atoms with Crippen LogP contribution in [0.1, 0.15) is 12.6 Å². The number of aromatic nitrogens is 2. The molecule has 118 valence electrons. The third kappa shape index (κ3) is 5.30. The fraction of sp³-hybridized carbons (Fsp3) is 0.231. The number of amides is 1. The first kappa shape index (κ1) is 17.9. The topological polar surface area (TPSA) is 119 Å². The Morgan fingerprint density at radius 1 is 1.32 bits per heavy atom. The van der Waals surface area contributed by atoms with Gasteiger partial charge in [-0.15, -0.1) is 23.7 Å². The molecule has 2 aromatic heterocycles. The maximum atomic E-state index is 10.8. The van der Waals surface area contributed by atoms with E-state index in [4.69, 9.17) is 11.5 Å². The summed E-state index contributed by atoms with van der Waals surface area (Å²) >= 11 is 1.34. The molecule has 0 bridgehead atoms. The van der Waals surface area contributed by atoms with E-state index in [1.807, 2.05) is 23.6 Å². The molecule has 0 saturated heterocycles. The van der Waals surface area contributed by atoms with Crippen LogP contribution >= 0.6 is 23.7 Å². The molecule has 2 aromatic rings. The van der Waals surface area contributed by atoms with Crippen LogP contribution in [0.3, 0.4) is 0 Å². The number of aliphatic imine (C=N–C) groups is 1. The fourth-order valence-electron chi connectivity index (χ4n) is 1.67. The zero-order valence-electron chi connectivity index (χ0n) is 11.9. The number of hydrogen-bond acceptors (Lipinski definition) is 5. The first-order chi connectivity index (χ1) is 10.0. The predicted octanol–water partition coefficient (Wildman–Crippen LogP) is 1.21. The summed E-state index contributed by atoms with van der Waals surface area (Å²) in [6.45, 7) is 2.05. The Balaban J connectivity index is 0.00000242. The molecular weight excluding hydrogens is 324 g/mol. The van der Waals surface area contributed by atoms with Gasteiger partial charge >= 0.3 is 0 Å². The van der Waals surface area contributed by atoms with Crippen LogP contribution in [0, 0.1) is 0 Å². The van der Waals surface area contributed by atoms with Gasteiger partial charge in [0.05, 0.1) is 5.69 Å². The first-order valence-corrected chi connectivity index (χ1v) is 7.18. The number of nitrogens with zero attached hydrogens (tertiary/aromatic N) is 3. The Bertz CT molecular complexity index is 668. The number of carbonyl (C=O) groups is 1. The molecule has 2 rings (SSSR count). The zero-order chi connectivity index (χ0) is 15.2. The highest BCUT2D eigenvalue weighted by Gasteiger charge is 2.06. The third-order valence-corrected chi connectivity index (χ3v) is 3.28. The summed E-state index contributed by atoms with van der Waals surface area (Å²) in [6, 6.07) is 5.69. The van der Waals surface area contributed by atoms with Gasteiger partial charge in [0.25, 0.3) is 0 Å². The van der Waals surface area contributed by atoms with Crippen LogP contribution < -0.4 is 16.8 Å². The standard InChI is InChI=1S/C13H16N6OS.ClH/c1-8(20)16-6-5-9-3-2-4-10(17-9)11-7-21-13(18-11)19-12(14)15;/h2-4,7H,5-6H2,1H3,(H,16,20)(H4,14,15,18,19);1H. The number of guanidine groups is 1. The lowest BCUT2D eigenvalue weighted by Gasteiger charge is -2.03. The van der Waals surface area contributed by atoms with Crippen molar-refractivity contribution in [1.29, 1.82) is 0 Å². The third-order valence-electron chi connectivity index (χ3n) is 2.54. The van der Waals surface area contributed by atoms with Crippen molar-refractivity contribution < 1.29 is 4.79 Å². The molecule has 5 N–H and O–H groups in total. The smallest absolute Gasteiger partial charge is 0.216 e. The second kappa shape index (κ2) is 8.30. The van der Waals surface area contributed by atoms with Gasteiger partial charge in [0, 0.05) is 31.0 Å². The molecule has 2 heterocycles. The van der Waals surface area contributed by atoms with Crippen molar-refractivity contribution >= 4 is 40.7 Å². The highest BCUT2D eigenvalue weighted by Crippen LogP contribution is 2.25. The van der Waals surface area contributed by atoms with E-state index in [0.29, 0.717) is 18.1 Å². The Labute approximate surface area is 138 Å². The van der Waals surface area contributed by atoms with E-state index >= 15 is 0 Å². The van der Waals surface area contributed by atoms with Crippen molar-refractivity contribution in [2.75, 3.05) is 6.54 Å². The highest BCUT2D eigenvalue weighted by atomic mass is 35.5. The van der Waals surface area contributed by atoms with Gasteiger partial charge in [-0.1, -0.05) is 6.07 Å². The van der Waals surface area contributed by atoms with Crippen molar-refractivity contribution in [3.63, 3.8) is 0 Å². The van der Waals surface area contributed by atoms with Crippen LogP contribution in [0.15, 0.2) is 28.6 Å². The summed E-state index contributed by atoms with van der Waals surface area (Å²) in [6.07, 6.45) is 0.665. The average molecular weight is 341 g/mol. The molecule has 0 aliphatic rings. The predicted molar refractivity (Wildman–Crippen MR) is 90.5 cm³/mol. The molecule has 0 unspecified atom stereocenters. The van der Waals surface area contributed by atoms with Crippen molar-refractivity contribution in [2.24, 2.45) is 16.5 Å². The maximum absolute atomic E-state index is 10.8. The Kier molecular flexibility index (Phi) is 6.74. The number of carbonyl (C=O) groups excluding carboxylic acids is 1. The zero-order valence-corrected chi connectivity index (χ0v) is 13.6. The van der Waals surface area contributed by atoms with Gasteiger partial charge < -0.3 is 16.8 Å². The minimum Gasteiger partial charge on any atom is -0.370 e. The number of pyridine rings is 1. The molecule has 0 aliphatic heterocycles. The molecule has 22 heavy (non-hydrogen) atoms. The fourth-order valence-corrected chi connectivity index (χ4v) is 2.37. The quantitative estimate of drug-likeness (QED) is 0.558. The Morgan fingerprint density at radius 2 is 2.09 bits per heavy atom. The second-order valence-corrected chi connectivity index (χ2v) is 5.14. The summed E-state index contributed by atoms with van der Waals surface area (Å²) < 4.78 is 0. The average Bonchev–Trinajstić information content (AvgIpc) is 2.86. The van der Waals surface area contributed by atoms with Gasteiger partial charge in [-0.3, -0.25) is 9.78 Å². The molecule has 0 saturated carbocycles. The van der Waals surface area contributed by atoms with E-state index in [1.165, 1.54) is 18.3 Å². The Morgan fingerprint density at radius 3 is 2.77 bits per heavy atom. The van der Waals surface area contributed by atoms with Gasteiger partial charge in [-0.05, 0) is 12.1 Å². The lowest BCUT2D eigenvalue weighted by atomic mass is 10.2. The summed E-state index contributed by atoms with van der Waals surface area (Å²) in [5, 5.41) is 5.09. The van der Waals surface area contributed by atoms with Crippen LogP contribution in [0.5, 0.6) is 0 Å². The van der Waals surface area contributed by atoms with E-state index in [2.05, 4.69) is 20.3 Å². The van der Waals surface area contributed by atoms with Crippen LogP contribution in [0.4, 0.5) is 5.13 Å². The van der Waals surface area contributed by atoms with Gasteiger partial charge in [-0.25, -0.2) is 4.98 Å². The van der Waals surface area contributed by atoms with Crippen LogP contribution in [0.25, 0.3) is 11.4 Å². The Hall–Kier alpha value is -2.19. The van der Waals surface area contributed by atoms with Crippen molar-refractivity contribution in [2.45, 2.75) is 13.3 Å². The number of thiazole rings is 1. The summed E-state index contributed by atoms with van der Waals surface area (Å²) in [5.74, 6) is -0.0690. The van der Waals surface area contributed by atoms with Crippen LogP contribution in [0.2, 0.25) is 0 Å². The number of hydrogen-bond donors (Lipinski definition) is 3. The van der Waals surface area contributed by atoms with Gasteiger partial charge in [0.1, 0.15) is 5.69 Å². The van der Waals surface area contributed by atoms with Crippen LogP contribution in [-0.2, 0) is 11.2 Å². The minimum absolute atomic E-state index is 0. The van der Waals surface area contributed by atoms with Gasteiger partial charge in [-0.2, -0.15) is 4.99 Å². The van der Waals surface area contributed by atoms with Crippen LogP contribution in [-0.4, -0.2) is 28.4 Å². The molecule has 0 spiro atoms. The van der Waals surface area contributed by atoms with Crippen molar-refractivity contribution in [3.05, 3.63) is 29.3 Å². The molecule has 0 fully saturated rings. The molecule has 0 radical (unpaired) electrons. The van der Waals surface area contributed by atoms with E-state index in [1.54, 1.807) is 0 Å². The molecule has 0 atom stereocenters. The first-order valence-electron chi connectivity index (χ1n) is 6.30. The minimum atomic E-state index is -0.0486. The van der Waals surface area contributed by atoms with E-state index < -0.39 is 0 Å². The van der Waals surface area contributed by atoms with Crippen molar-refractivity contribution in [3.8, 4) is 11.4 Å². The number of rotatable bonds is 5. The number of nitrogens with two attached hydrogens (primary N) is 2. The number of halogens is 1.